The Morgan fingerprint density at radius 3 is 2.30 bits per heavy atom. The molecule has 0 saturated carbocycles. The summed E-state index contributed by atoms with van der Waals surface area (Å²) in [7, 11) is 1.59. The van der Waals surface area contributed by atoms with Crippen molar-refractivity contribution in [2.75, 3.05) is 17.3 Å². The molecular formula is C29H23FN4O3. The van der Waals surface area contributed by atoms with Gasteiger partial charge in [0.05, 0.1) is 17.1 Å². The van der Waals surface area contributed by atoms with E-state index in [0.29, 0.717) is 28.4 Å². The smallest absolute Gasteiger partial charge is 0.321 e. The molecule has 0 bridgehead atoms. The molecule has 1 aliphatic rings. The number of carbonyl (C=O) groups is 2. The van der Waals surface area contributed by atoms with Gasteiger partial charge in [0.2, 0.25) is 6.17 Å². The number of carbonyl (C=O) groups excluding carboxylic acids is 2. The van der Waals surface area contributed by atoms with Gasteiger partial charge in [-0.2, -0.15) is 0 Å². The normalized spacial score (nSPS) is 14.8. The van der Waals surface area contributed by atoms with E-state index >= 15 is 0 Å². The maximum Gasteiger partial charge on any atom is 0.321 e. The molecule has 0 fully saturated rings. The third-order valence-corrected chi connectivity index (χ3v) is 5.85. The number of halogens is 1. The fourth-order valence-electron chi connectivity index (χ4n) is 4.04. The van der Waals surface area contributed by atoms with Crippen molar-refractivity contribution in [3.05, 3.63) is 120 Å². The number of amides is 3. The molecule has 5 rings (SSSR count). The molecular weight excluding hydrogens is 471 g/mol. The van der Waals surface area contributed by atoms with Gasteiger partial charge in [0.25, 0.3) is 5.91 Å². The standard InChI is InChI=1S/C29H23FN4O3/c1-34-24-17-9-6-14-21(24)26(20-13-5-7-15-22(20)30)32-27(28(34)35)33-29(36)31-23-16-8-10-18-25(23)37-19-11-3-2-4-12-19/h2-18,27H,1H3,(H2,31,33,36). The SMILES string of the molecule is CN1C(=O)C(NC(=O)Nc2ccccc2Oc2ccccc2)N=C(c2ccccc2F)c2ccccc21. The lowest BCUT2D eigenvalue weighted by atomic mass is 10.00. The van der Waals surface area contributed by atoms with Crippen LogP contribution in [0.1, 0.15) is 11.1 Å². The molecule has 0 aliphatic carbocycles. The van der Waals surface area contributed by atoms with Crippen molar-refractivity contribution >= 4 is 29.0 Å². The Labute approximate surface area is 213 Å². The van der Waals surface area contributed by atoms with E-state index in [1.807, 2.05) is 18.2 Å². The fraction of sp³-hybridized carbons (Fsp3) is 0.0690. The lowest BCUT2D eigenvalue weighted by molar-refractivity contribution is -0.119. The van der Waals surface area contributed by atoms with Crippen LogP contribution in [-0.4, -0.2) is 30.9 Å². The molecule has 3 amide bonds. The monoisotopic (exact) mass is 494 g/mol. The summed E-state index contributed by atoms with van der Waals surface area (Å²) in [5, 5.41) is 5.36. The fourth-order valence-corrected chi connectivity index (χ4v) is 4.04. The Bertz CT molecular complexity index is 1490. The summed E-state index contributed by atoms with van der Waals surface area (Å²) in [6, 6.07) is 28.7. The Morgan fingerprint density at radius 1 is 0.865 bits per heavy atom. The molecule has 1 atom stereocenters. The van der Waals surface area contributed by atoms with Gasteiger partial charge < -0.3 is 20.3 Å². The largest absolute Gasteiger partial charge is 0.455 e. The number of ether oxygens (including phenoxy) is 1. The van der Waals surface area contributed by atoms with E-state index in [-0.39, 0.29) is 11.3 Å². The average Bonchev–Trinajstić information content (AvgIpc) is 3.01. The second-order valence-electron chi connectivity index (χ2n) is 8.28. The van der Waals surface area contributed by atoms with Crippen molar-refractivity contribution in [2.24, 2.45) is 4.99 Å². The van der Waals surface area contributed by atoms with Crippen molar-refractivity contribution in [3.8, 4) is 11.5 Å². The van der Waals surface area contributed by atoms with E-state index < -0.39 is 23.9 Å². The highest BCUT2D eigenvalue weighted by Crippen LogP contribution is 2.30. The predicted octanol–water partition coefficient (Wildman–Crippen LogP) is 5.58. The van der Waals surface area contributed by atoms with E-state index in [0.717, 1.165) is 0 Å². The minimum Gasteiger partial charge on any atom is -0.455 e. The summed E-state index contributed by atoms with van der Waals surface area (Å²) in [4.78, 5) is 32.3. The van der Waals surface area contributed by atoms with Gasteiger partial charge in [-0.05, 0) is 42.5 Å². The lowest BCUT2D eigenvalue weighted by Crippen LogP contribution is -2.47. The molecule has 8 heteroatoms. The molecule has 0 spiro atoms. The summed E-state index contributed by atoms with van der Waals surface area (Å²) >= 11 is 0. The zero-order valence-corrected chi connectivity index (χ0v) is 19.9. The summed E-state index contributed by atoms with van der Waals surface area (Å²) in [6.45, 7) is 0. The van der Waals surface area contributed by atoms with Crippen molar-refractivity contribution in [1.82, 2.24) is 5.32 Å². The van der Waals surface area contributed by atoms with Crippen LogP contribution in [0.5, 0.6) is 11.5 Å². The maximum absolute atomic E-state index is 14.8. The third kappa shape index (κ3) is 5.04. The Morgan fingerprint density at radius 2 is 1.51 bits per heavy atom. The number of urea groups is 1. The van der Waals surface area contributed by atoms with Crippen LogP contribution in [0.3, 0.4) is 0 Å². The first-order chi connectivity index (χ1) is 18.0. The van der Waals surface area contributed by atoms with E-state index in [1.54, 1.807) is 85.9 Å². The number of hydrogen-bond acceptors (Lipinski definition) is 4. The van der Waals surface area contributed by atoms with Crippen LogP contribution in [0.2, 0.25) is 0 Å². The zero-order chi connectivity index (χ0) is 25.8. The Hall–Kier alpha value is -4.98. The molecule has 184 valence electrons. The highest BCUT2D eigenvalue weighted by molar-refractivity contribution is 6.20. The topological polar surface area (TPSA) is 83.0 Å². The third-order valence-electron chi connectivity index (χ3n) is 5.85. The van der Waals surface area contributed by atoms with Gasteiger partial charge in [-0.25, -0.2) is 14.2 Å². The minimum absolute atomic E-state index is 0.229. The molecule has 0 radical (unpaired) electrons. The molecule has 1 aliphatic heterocycles. The number of hydrogen-bond donors (Lipinski definition) is 2. The molecule has 0 saturated heterocycles. The highest BCUT2D eigenvalue weighted by atomic mass is 19.1. The maximum atomic E-state index is 14.8. The quantitative estimate of drug-likeness (QED) is 0.380. The van der Waals surface area contributed by atoms with Crippen LogP contribution in [0.25, 0.3) is 0 Å². The van der Waals surface area contributed by atoms with Crippen LogP contribution in [0.4, 0.5) is 20.6 Å². The van der Waals surface area contributed by atoms with Gasteiger partial charge in [0.1, 0.15) is 11.6 Å². The van der Waals surface area contributed by atoms with Crippen LogP contribution < -0.4 is 20.3 Å². The molecule has 4 aromatic rings. The second-order valence-corrected chi connectivity index (χ2v) is 8.28. The van der Waals surface area contributed by atoms with Gasteiger partial charge in [-0.1, -0.05) is 60.7 Å². The minimum atomic E-state index is -1.30. The van der Waals surface area contributed by atoms with Crippen molar-refractivity contribution in [1.29, 1.82) is 0 Å². The molecule has 37 heavy (non-hydrogen) atoms. The van der Waals surface area contributed by atoms with E-state index in [1.165, 1.54) is 11.0 Å². The number of benzene rings is 4. The van der Waals surface area contributed by atoms with E-state index in [4.69, 9.17) is 4.74 Å². The van der Waals surface area contributed by atoms with Crippen LogP contribution >= 0.6 is 0 Å². The summed E-state index contributed by atoms with van der Waals surface area (Å²) in [5.74, 6) is 0.0803. The van der Waals surface area contributed by atoms with Gasteiger partial charge in [-0.15, -0.1) is 0 Å². The Balaban J connectivity index is 1.44. The Kier molecular flexibility index (Phi) is 6.63. The number of likely N-dealkylation sites (N-methyl/N-ethyl adjacent to an activating group) is 1. The van der Waals surface area contributed by atoms with Crippen LogP contribution in [-0.2, 0) is 4.79 Å². The number of nitrogens with one attached hydrogen (secondary N) is 2. The number of benzodiazepines with no additional fused rings is 1. The summed E-state index contributed by atoms with van der Waals surface area (Å²) in [6.07, 6.45) is -1.30. The van der Waals surface area contributed by atoms with Gasteiger partial charge >= 0.3 is 6.03 Å². The highest BCUT2D eigenvalue weighted by Gasteiger charge is 2.31. The van der Waals surface area contributed by atoms with Crippen molar-refractivity contribution in [2.45, 2.75) is 6.17 Å². The molecule has 0 aromatic heterocycles. The molecule has 7 nitrogen and oxygen atoms in total. The predicted molar refractivity (Wildman–Crippen MR) is 141 cm³/mol. The number of anilines is 2. The van der Waals surface area contributed by atoms with E-state index in [2.05, 4.69) is 15.6 Å². The van der Waals surface area contributed by atoms with Gasteiger partial charge in [-0.3, -0.25) is 4.79 Å². The second kappa shape index (κ2) is 10.3. The molecule has 4 aromatic carbocycles. The summed E-state index contributed by atoms with van der Waals surface area (Å²) < 4.78 is 20.7. The van der Waals surface area contributed by atoms with Gasteiger partial charge in [0.15, 0.2) is 5.75 Å². The van der Waals surface area contributed by atoms with Crippen LogP contribution in [0, 0.1) is 5.82 Å². The number of nitrogens with zero attached hydrogens (tertiary/aromatic N) is 2. The first kappa shape index (κ1) is 23.7. The summed E-state index contributed by atoms with van der Waals surface area (Å²) in [5.41, 5.74) is 2.03. The first-order valence-corrected chi connectivity index (χ1v) is 11.6. The van der Waals surface area contributed by atoms with Gasteiger partial charge in [0, 0.05) is 18.2 Å². The number of para-hydroxylation sites is 4. The molecule has 1 heterocycles. The average molecular weight is 495 g/mol. The molecule has 2 N–H and O–H groups in total. The van der Waals surface area contributed by atoms with Crippen LogP contribution in [0.15, 0.2) is 108 Å². The van der Waals surface area contributed by atoms with E-state index in [9.17, 15) is 14.0 Å². The zero-order valence-electron chi connectivity index (χ0n) is 19.9. The number of aliphatic imine (C=N–C) groups is 1. The first-order valence-electron chi connectivity index (χ1n) is 11.6. The number of rotatable bonds is 5. The molecule has 1 unspecified atom stereocenters. The van der Waals surface area contributed by atoms with Crippen molar-refractivity contribution < 1.29 is 18.7 Å². The lowest BCUT2D eigenvalue weighted by Gasteiger charge is -2.21. The van der Waals surface area contributed by atoms with Crippen molar-refractivity contribution in [3.63, 3.8) is 0 Å². The number of fused-ring (bicyclic) bond motifs is 1.